The van der Waals surface area contributed by atoms with Gasteiger partial charge in [0, 0.05) is 23.2 Å². The fourth-order valence-electron chi connectivity index (χ4n) is 2.90. The summed E-state index contributed by atoms with van der Waals surface area (Å²) < 4.78 is 0. The largest absolute Gasteiger partial charge is 0.350 e. The van der Waals surface area contributed by atoms with E-state index in [-0.39, 0.29) is 23.2 Å². The standard InChI is InChI=1S/C21H23ClN2O2S/c1-3-14(2)23-20(26)16-6-8-17(9-7-16)21-24(19(25)13-27-21)12-15-4-10-18(22)11-5-15/h4-11,14,21H,3,12-13H2,1-2H3,(H,23,26)/t14-,21+/m1/s1. The van der Waals surface area contributed by atoms with Crippen LogP contribution in [0.15, 0.2) is 48.5 Å². The van der Waals surface area contributed by atoms with Crippen molar-refractivity contribution in [1.82, 2.24) is 10.2 Å². The molecule has 0 aromatic heterocycles. The first-order valence-electron chi connectivity index (χ1n) is 9.04. The van der Waals surface area contributed by atoms with Crippen LogP contribution in [-0.4, -0.2) is 28.5 Å². The Hall–Kier alpha value is -1.98. The second-order valence-electron chi connectivity index (χ2n) is 6.72. The SMILES string of the molecule is CC[C@@H](C)NC(=O)c1ccc([C@@H]2SCC(=O)N2Cc2ccc(Cl)cc2)cc1. The van der Waals surface area contributed by atoms with Gasteiger partial charge in [-0.3, -0.25) is 9.59 Å². The molecule has 6 heteroatoms. The third-order valence-electron chi connectivity index (χ3n) is 4.68. The lowest BCUT2D eigenvalue weighted by atomic mass is 10.1. The van der Waals surface area contributed by atoms with Crippen LogP contribution in [0.3, 0.4) is 0 Å². The summed E-state index contributed by atoms with van der Waals surface area (Å²) in [6.07, 6.45) is 0.893. The van der Waals surface area contributed by atoms with E-state index in [0.29, 0.717) is 22.9 Å². The van der Waals surface area contributed by atoms with Crippen molar-refractivity contribution in [3.63, 3.8) is 0 Å². The van der Waals surface area contributed by atoms with Gasteiger partial charge in [0.2, 0.25) is 5.91 Å². The molecule has 1 saturated heterocycles. The summed E-state index contributed by atoms with van der Waals surface area (Å²) in [5, 5.41) is 3.61. The van der Waals surface area contributed by atoms with Crippen LogP contribution in [0.5, 0.6) is 0 Å². The van der Waals surface area contributed by atoms with E-state index in [4.69, 9.17) is 11.6 Å². The molecule has 1 N–H and O–H groups in total. The van der Waals surface area contributed by atoms with Crippen molar-refractivity contribution < 1.29 is 9.59 Å². The van der Waals surface area contributed by atoms with Crippen molar-refractivity contribution >= 4 is 35.2 Å². The van der Waals surface area contributed by atoms with Crippen molar-refractivity contribution in [2.24, 2.45) is 0 Å². The molecule has 1 heterocycles. The number of nitrogens with one attached hydrogen (secondary N) is 1. The van der Waals surface area contributed by atoms with Gasteiger partial charge >= 0.3 is 0 Å². The molecule has 0 bridgehead atoms. The monoisotopic (exact) mass is 402 g/mol. The summed E-state index contributed by atoms with van der Waals surface area (Å²) in [5.41, 5.74) is 2.71. The highest BCUT2D eigenvalue weighted by atomic mass is 35.5. The quantitative estimate of drug-likeness (QED) is 0.765. The lowest BCUT2D eigenvalue weighted by Gasteiger charge is -2.24. The molecule has 2 aromatic carbocycles. The molecule has 2 aromatic rings. The van der Waals surface area contributed by atoms with E-state index >= 15 is 0 Å². The van der Waals surface area contributed by atoms with Crippen molar-refractivity contribution in [3.8, 4) is 0 Å². The van der Waals surface area contributed by atoms with Gasteiger partial charge in [0.1, 0.15) is 5.37 Å². The molecule has 2 amide bonds. The molecule has 0 unspecified atom stereocenters. The third-order valence-corrected chi connectivity index (χ3v) is 6.19. The highest BCUT2D eigenvalue weighted by molar-refractivity contribution is 8.00. The van der Waals surface area contributed by atoms with Crippen LogP contribution in [0.25, 0.3) is 0 Å². The molecule has 1 fully saturated rings. The first-order chi connectivity index (χ1) is 13.0. The van der Waals surface area contributed by atoms with Gasteiger partial charge in [-0.05, 0) is 48.7 Å². The van der Waals surface area contributed by atoms with Gasteiger partial charge in [-0.15, -0.1) is 11.8 Å². The van der Waals surface area contributed by atoms with E-state index < -0.39 is 0 Å². The Balaban J connectivity index is 1.73. The Morgan fingerprint density at radius 3 is 2.52 bits per heavy atom. The van der Waals surface area contributed by atoms with E-state index in [9.17, 15) is 9.59 Å². The molecule has 2 atom stereocenters. The summed E-state index contributed by atoms with van der Waals surface area (Å²) in [4.78, 5) is 26.5. The van der Waals surface area contributed by atoms with Crippen LogP contribution in [-0.2, 0) is 11.3 Å². The number of amides is 2. The minimum atomic E-state index is -0.0657. The number of carbonyl (C=O) groups excluding carboxylic acids is 2. The maximum atomic E-state index is 12.4. The van der Waals surface area contributed by atoms with Crippen LogP contribution < -0.4 is 5.32 Å². The topological polar surface area (TPSA) is 49.4 Å². The molecule has 0 aliphatic carbocycles. The Bertz CT molecular complexity index is 808. The van der Waals surface area contributed by atoms with Crippen LogP contribution in [0.2, 0.25) is 5.02 Å². The van der Waals surface area contributed by atoms with Crippen molar-refractivity contribution in [2.75, 3.05) is 5.75 Å². The predicted octanol–water partition coefficient (Wildman–Crippen LogP) is 4.64. The van der Waals surface area contributed by atoms with Gasteiger partial charge in [-0.1, -0.05) is 42.8 Å². The average molecular weight is 403 g/mol. The lowest BCUT2D eigenvalue weighted by Crippen LogP contribution is -2.32. The normalized spacial score (nSPS) is 17.8. The number of halogens is 1. The molecule has 142 valence electrons. The van der Waals surface area contributed by atoms with E-state index in [1.807, 2.05) is 67.3 Å². The number of benzene rings is 2. The van der Waals surface area contributed by atoms with Crippen LogP contribution in [0.1, 0.15) is 47.1 Å². The zero-order chi connectivity index (χ0) is 19.4. The van der Waals surface area contributed by atoms with E-state index in [1.165, 1.54) is 0 Å². The van der Waals surface area contributed by atoms with Gasteiger partial charge in [-0.2, -0.15) is 0 Å². The molecular weight excluding hydrogens is 380 g/mol. The Kier molecular flexibility index (Phi) is 6.45. The van der Waals surface area contributed by atoms with Gasteiger partial charge in [0.15, 0.2) is 0 Å². The molecule has 1 aliphatic heterocycles. The second-order valence-corrected chi connectivity index (χ2v) is 8.22. The summed E-state index contributed by atoms with van der Waals surface area (Å²) >= 11 is 7.56. The maximum Gasteiger partial charge on any atom is 0.251 e. The molecule has 1 aliphatic rings. The molecule has 0 radical (unpaired) electrons. The first-order valence-corrected chi connectivity index (χ1v) is 10.5. The van der Waals surface area contributed by atoms with E-state index in [0.717, 1.165) is 17.5 Å². The van der Waals surface area contributed by atoms with Gasteiger partial charge in [0.05, 0.1) is 5.75 Å². The zero-order valence-corrected chi connectivity index (χ0v) is 17.0. The highest BCUT2D eigenvalue weighted by Crippen LogP contribution is 2.39. The number of nitrogens with zero attached hydrogens (tertiary/aromatic N) is 1. The van der Waals surface area contributed by atoms with Crippen molar-refractivity contribution in [1.29, 1.82) is 0 Å². The van der Waals surface area contributed by atoms with Crippen molar-refractivity contribution in [2.45, 2.75) is 38.2 Å². The number of rotatable bonds is 6. The molecule has 0 spiro atoms. The van der Waals surface area contributed by atoms with Crippen LogP contribution in [0, 0.1) is 0 Å². The summed E-state index contributed by atoms with van der Waals surface area (Å²) in [5.74, 6) is 0.525. The van der Waals surface area contributed by atoms with Gasteiger partial charge < -0.3 is 10.2 Å². The number of hydrogen-bond donors (Lipinski definition) is 1. The Labute approximate surface area is 169 Å². The van der Waals surface area contributed by atoms with E-state index in [1.54, 1.807) is 11.8 Å². The van der Waals surface area contributed by atoms with Crippen LogP contribution in [0.4, 0.5) is 0 Å². The number of hydrogen-bond acceptors (Lipinski definition) is 3. The highest BCUT2D eigenvalue weighted by Gasteiger charge is 2.32. The molecular formula is C21H23ClN2O2S. The smallest absolute Gasteiger partial charge is 0.251 e. The van der Waals surface area contributed by atoms with Crippen molar-refractivity contribution in [3.05, 3.63) is 70.2 Å². The average Bonchev–Trinajstić information content (AvgIpc) is 3.04. The number of thioether (sulfide) groups is 1. The van der Waals surface area contributed by atoms with E-state index in [2.05, 4.69) is 5.32 Å². The summed E-state index contributed by atoms with van der Waals surface area (Å²) in [7, 11) is 0. The maximum absolute atomic E-state index is 12.4. The van der Waals surface area contributed by atoms with Gasteiger partial charge in [0.25, 0.3) is 5.91 Å². The fourth-order valence-corrected chi connectivity index (χ4v) is 4.21. The zero-order valence-electron chi connectivity index (χ0n) is 15.4. The molecule has 27 heavy (non-hydrogen) atoms. The van der Waals surface area contributed by atoms with Crippen LogP contribution >= 0.6 is 23.4 Å². The minimum Gasteiger partial charge on any atom is -0.350 e. The predicted molar refractivity (Wildman–Crippen MR) is 111 cm³/mol. The summed E-state index contributed by atoms with van der Waals surface area (Å²) in [6, 6.07) is 15.3. The minimum absolute atomic E-state index is 0.0418. The summed E-state index contributed by atoms with van der Waals surface area (Å²) in [6.45, 7) is 4.57. The molecule has 0 saturated carbocycles. The Morgan fingerprint density at radius 1 is 1.22 bits per heavy atom. The molecule has 4 nitrogen and oxygen atoms in total. The Morgan fingerprint density at radius 2 is 1.89 bits per heavy atom. The third kappa shape index (κ3) is 4.85. The first kappa shape index (κ1) is 19.8. The molecule has 3 rings (SSSR count). The fraction of sp³-hybridized carbons (Fsp3) is 0.333. The van der Waals surface area contributed by atoms with Gasteiger partial charge in [-0.25, -0.2) is 0 Å². The lowest BCUT2D eigenvalue weighted by molar-refractivity contribution is -0.128. The second kappa shape index (κ2) is 8.81. The number of carbonyl (C=O) groups is 2.